The molecule has 2 amide bonds. The highest BCUT2D eigenvalue weighted by molar-refractivity contribution is 5.95. The van der Waals surface area contributed by atoms with Gasteiger partial charge in [0.25, 0.3) is 5.91 Å². The minimum absolute atomic E-state index is 0.0993. The van der Waals surface area contributed by atoms with Gasteiger partial charge in [0, 0.05) is 17.8 Å². The van der Waals surface area contributed by atoms with E-state index in [1.807, 2.05) is 32.9 Å². The number of rotatable bonds is 10. The molecule has 2 N–H and O–H groups in total. The predicted molar refractivity (Wildman–Crippen MR) is 120 cm³/mol. The molecule has 0 aliphatic carbocycles. The number of hydrogen-bond donors (Lipinski definition) is 2. The zero-order valence-electron chi connectivity index (χ0n) is 18.5. The lowest BCUT2D eigenvalue weighted by molar-refractivity contribution is -0.147. The number of anilines is 2. The number of carbonyl (C=O) groups is 4. The first-order valence-electron chi connectivity index (χ1n) is 10.4. The van der Waals surface area contributed by atoms with Gasteiger partial charge in [-0.25, -0.2) is 4.79 Å². The van der Waals surface area contributed by atoms with Gasteiger partial charge in [-0.2, -0.15) is 0 Å². The Morgan fingerprint density at radius 2 is 1.44 bits per heavy atom. The Morgan fingerprint density at radius 3 is 2.09 bits per heavy atom. The highest BCUT2D eigenvalue weighted by Crippen LogP contribution is 2.14. The van der Waals surface area contributed by atoms with Crippen molar-refractivity contribution in [1.29, 1.82) is 0 Å². The van der Waals surface area contributed by atoms with E-state index in [2.05, 4.69) is 10.6 Å². The second-order valence-corrected chi connectivity index (χ2v) is 7.27. The van der Waals surface area contributed by atoms with E-state index >= 15 is 0 Å². The van der Waals surface area contributed by atoms with Crippen molar-refractivity contribution in [2.24, 2.45) is 0 Å². The molecule has 2 aromatic rings. The van der Waals surface area contributed by atoms with E-state index in [1.165, 1.54) is 0 Å². The molecule has 0 saturated carbocycles. The lowest BCUT2D eigenvalue weighted by Crippen LogP contribution is -2.21. The Hall–Kier alpha value is -3.68. The van der Waals surface area contributed by atoms with Crippen molar-refractivity contribution >= 4 is 35.1 Å². The minimum Gasteiger partial charge on any atom is -0.462 e. The molecule has 0 aliphatic heterocycles. The van der Waals surface area contributed by atoms with Gasteiger partial charge in [-0.1, -0.05) is 13.0 Å². The van der Waals surface area contributed by atoms with Crippen LogP contribution in [0.4, 0.5) is 11.4 Å². The van der Waals surface area contributed by atoms with Gasteiger partial charge in [0.15, 0.2) is 6.61 Å². The number of nitrogens with one attached hydrogen (secondary N) is 2. The quantitative estimate of drug-likeness (QED) is 0.544. The topological polar surface area (TPSA) is 111 Å². The molecule has 0 spiro atoms. The summed E-state index contributed by atoms with van der Waals surface area (Å²) in [6.45, 7) is 5.73. The normalized spacial score (nSPS) is 10.2. The molecule has 0 atom stereocenters. The SMILES string of the molecule is CCCOC(=O)c1ccc(NC(=O)CCC(=O)OCC(=O)Nc2ccc(C)c(C)c2)cc1. The van der Waals surface area contributed by atoms with Crippen LogP contribution < -0.4 is 10.6 Å². The summed E-state index contributed by atoms with van der Waals surface area (Å²) in [6, 6.07) is 11.8. The van der Waals surface area contributed by atoms with Crippen LogP contribution >= 0.6 is 0 Å². The van der Waals surface area contributed by atoms with E-state index in [-0.39, 0.29) is 18.7 Å². The van der Waals surface area contributed by atoms with Crippen molar-refractivity contribution in [3.05, 3.63) is 59.2 Å². The fraction of sp³-hybridized carbons (Fsp3) is 0.333. The van der Waals surface area contributed by atoms with Gasteiger partial charge in [0.1, 0.15) is 0 Å². The van der Waals surface area contributed by atoms with Gasteiger partial charge in [-0.15, -0.1) is 0 Å². The molecule has 32 heavy (non-hydrogen) atoms. The molecule has 8 heteroatoms. The van der Waals surface area contributed by atoms with Crippen molar-refractivity contribution in [1.82, 2.24) is 0 Å². The first-order chi connectivity index (χ1) is 15.3. The third-order valence-corrected chi connectivity index (χ3v) is 4.55. The first-order valence-corrected chi connectivity index (χ1v) is 10.4. The number of ether oxygens (including phenoxy) is 2. The summed E-state index contributed by atoms with van der Waals surface area (Å²) < 4.78 is 9.96. The van der Waals surface area contributed by atoms with Crippen LogP contribution in [-0.4, -0.2) is 37.0 Å². The third kappa shape index (κ3) is 8.22. The average Bonchev–Trinajstić information content (AvgIpc) is 2.77. The van der Waals surface area contributed by atoms with Gasteiger partial charge in [0.2, 0.25) is 5.91 Å². The summed E-state index contributed by atoms with van der Waals surface area (Å²) in [7, 11) is 0. The number of carbonyl (C=O) groups excluding carboxylic acids is 4. The summed E-state index contributed by atoms with van der Waals surface area (Å²) in [5.74, 6) is -1.91. The fourth-order valence-corrected chi connectivity index (χ4v) is 2.64. The summed E-state index contributed by atoms with van der Waals surface area (Å²) in [6.07, 6.45) is 0.474. The van der Waals surface area contributed by atoms with Gasteiger partial charge in [-0.3, -0.25) is 14.4 Å². The van der Waals surface area contributed by atoms with Crippen LogP contribution in [0.3, 0.4) is 0 Å². The molecule has 0 aromatic heterocycles. The van der Waals surface area contributed by atoms with Gasteiger partial charge >= 0.3 is 11.9 Å². The Labute approximate surface area is 187 Å². The van der Waals surface area contributed by atoms with E-state index in [0.29, 0.717) is 23.5 Å². The Balaban J connectivity index is 1.69. The van der Waals surface area contributed by atoms with Gasteiger partial charge in [0.05, 0.1) is 18.6 Å². The number of amides is 2. The van der Waals surface area contributed by atoms with Crippen molar-refractivity contribution in [3.63, 3.8) is 0 Å². The second-order valence-electron chi connectivity index (χ2n) is 7.27. The van der Waals surface area contributed by atoms with Crippen molar-refractivity contribution < 1.29 is 28.7 Å². The molecule has 0 radical (unpaired) electrons. The second kappa shape index (κ2) is 12.2. The monoisotopic (exact) mass is 440 g/mol. The highest BCUT2D eigenvalue weighted by atomic mass is 16.5. The number of benzene rings is 2. The van der Waals surface area contributed by atoms with Gasteiger partial charge < -0.3 is 20.1 Å². The number of hydrogen-bond acceptors (Lipinski definition) is 6. The lowest BCUT2D eigenvalue weighted by atomic mass is 10.1. The Kier molecular flexibility index (Phi) is 9.41. The molecule has 8 nitrogen and oxygen atoms in total. The maximum absolute atomic E-state index is 12.0. The van der Waals surface area contributed by atoms with E-state index in [9.17, 15) is 19.2 Å². The van der Waals surface area contributed by atoms with Gasteiger partial charge in [-0.05, 0) is 67.8 Å². The summed E-state index contributed by atoms with van der Waals surface area (Å²) in [5, 5.41) is 5.29. The fourth-order valence-electron chi connectivity index (χ4n) is 2.64. The molecular formula is C24H28N2O6. The minimum atomic E-state index is -0.649. The highest BCUT2D eigenvalue weighted by Gasteiger charge is 2.12. The maximum Gasteiger partial charge on any atom is 0.338 e. The third-order valence-electron chi connectivity index (χ3n) is 4.55. The molecular weight excluding hydrogens is 412 g/mol. The van der Waals surface area contributed by atoms with Crippen LogP contribution in [0.2, 0.25) is 0 Å². The zero-order chi connectivity index (χ0) is 23.5. The predicted octanol–water partition coefficient (Wildman–Crippen LogP) is 3.77. The van der Waals surface area contributed by atoms with E-state index in [0.717, 1.165) is 17.5 Å². The smallest absolute Gasteiger partial charge is 0.338 e. The summed E-state index contributed by atoms with van der Waals surface area (Å²) in [4.78, 5) is 47.5. The van der Waals surface area contributed by atoms with Crippen LogP contribution in [0.1, 0.15) is 47.7 Å². The summed E-state index contributed by atoms with van der Waals surface area (Å²) >= 11 is 0. The standard InChI is InChI=1S/C24H28N2O6/c1-4-13-31-24(30)18-6-9-19(10-7-18)25-21(27)11-12-23(29)32-15-22(28)26-20-8-5-16(2)17(3)14-20/h5-10,14H,4,11-13,15H2,1-3H3,(H,25,27)(H,26,28). The molecule has 0 unspecified atom stereocenters. The summed E-state index contributed by atoms with van der Waals surface area (Å²) in [5.41, 5.74) is 3.65. The van der Waals surface area contributed by atoms with Crippen LogP contribution in [0, 0.1) is 13.8 Å². The molecule has 0 bridgehead atoms. The van der Waals surface area contributed by atoms with E-state index in [1.54, 1.807) is 30.3 Å². The van der Waals surface area contributed by atoms with E-state index < -0.39 is 24.5 Å². The van der Waals surface area contributed by atoms with Crippen molar-refractivity contribution in [3.8, 4) is 0 Å². The molecule has 0 fully saturated rings. The average molecular weight is 440 g/mol. The Morgan fingerprint density at radius 1 is 0.781 bits per heavy atom. The largest absolute Gasteiger partial charge is 0.462 e. The molecule has 170 valence electrons. The van der Waals surface area contributed by atoms with Crippen LogP contribution in [0.15, 0.2) is 42.5 Å². The molecule has 2 rings (SSSR count). The van der Waals surface area contributed by atoms with Crippen molar-refractivity contribution in [2.45, 2.75) is 40.0 Å². The zero-order valence-corrected chi connectivity index (χ0v) is 18.5. The van der Waals surface area contributed by atoms with E-state index in [4.69, 9.17) is 9.47 Å². The maximum atomic E-state index is 12.0. The molecule has 0 aliphatic rings. The molecule has 2 aromatic carbocycles. The molecule has 0 saturated heterocycles. The number of esters is 2. The first kappa shape index (κ1) is 24.6. The Bertz CT molecular complexity index is 969. The van der Waals surface area contributed by atoms with Crippen molar-refractivity contribution in [2.75, 3.05) is 23.8 Å². The van der Waals surface area contributed by atoms with Crippen LogP contribution in [0.5, 0.6) is 0 Å². The lowest BCUT2D eigenvalue weighted by Gasteiger charge is -2.09. The van der Waals surface area contributed by atoms with Crippen LogP contribution in [-0.2, 0) is 23.9 Å². The number of aryl methyl sites for hydroxylation is 2. The van der Waals surface area contributed by atoms with Crippen LogP contribution in [0.25, 0.3) is 0 Å². The molecule has 0 heterocycles.